The lowest BCUT2D eigenvalue weighted by atomic mass is 10.1. The largest absolute Gasteiger partial charge is 0.506 e. The predicted octanol–water partition coefficient (Wildman–Crippen LogP) is 3.43. The lowest BCUT2D eigenvalue weighted by molar-refractivity contribution is -0.116. The van der Waals surface area contributed by atoms with Crippen molar-refractivity contribution in [3.8, 4) is 5.75 Å². The van der Waals surface area contributed by atoms with Crippen molar-refractivity contribution in [1.29, 1.82) is 0 Å². The number of carbonyl (C=O) groups is 1. The summed E-state index contributed by atoms with van der Waals surface area (Å²) >= 11 is 7.85. The van der Waals surface area contributed by atoms with E-state index in [1.807, 2.05) is 31.2 Å². The Hall–Kier alpha value is -3.29. The zero-order chi connectivity index (χ0) is 22.2. The number of para-hydroxylation sites is 1. The fourth-order valence-electron chi connectivity index (χ4n) is 3.67. The first-order valence-electron chi connectivity index (χ1n) is 10.0. The van der Waals surface area contributed by atoms with Gasteiger partial charge in [0.1, 0.15) is 11.4 Å². The number of aromatic hydroxyl groups is 1. The van der Waals surface area contributed by atoms with Gasteiger partial charge in [-0.25, -0.2) is 5.01 Å². The number of aryl methyl sites for hydroxylation is 1. The van der Waals surface area contributed by atoms with E-state index in [0.29, 0.717) is 32.8 Å². The molecule has 2 heterocycles. The average molecular weight is 463 g/mol. The number of amides is 1. The quantitative estimate of drug-likeness (QED) is 0.625. The van der Waals surface area contributed by atoms with E-state index < -0.39 is 6.17 Å². The molecule has 2 aliphatic rings. The molecule has 0 radical (unpaired) electrons. The van der Waals surface area contributed by atoms with Crippen LogP contribution in [0.2, 0.25) is 5.02 Å². The third-order valence-corrected chi connectivity index (χ3v) is 6.64. The highest BCUT2D eigenvalue weighted by Gasteiger charge is 2.35. The number of benzene rings is 3. The fraction of sp³-hybridized carbons (Fsp3) is 0.125. The number of amidine groups is 1. The second-order valence-corrected chi connectivity index (χ2v) is 8.87. The number of carbonyl (C=O) groups excluding carboxylic acids is 1. The second kappa shape index (κ2) is 8.33. The van der Waals surface area contributed by atoms with Crippen molar-refractivity contribution in [1.82, 2.24) is 10.3 Å². The number of phenolic OH excluding ortho intramolecular Hbond substituents is 1. The molecule has 0 aliphatic carbocycles. The number of fused-ring (bicyclic) bond motifs is 2. The molecule has 2 N–H and O–H groups in total. The normalized spacial score (nSPS) is 17.1. The Kier molecular flexibility index (Phi) is 5.36. The molecule has 2 aliphatic heterocycles. The molecule has 0 saturated heterocycles. The van der Waals surface area contributed by atoms with Gasteiger partial charge in [-0.05, 0) is 24.6 Å². The summed E-state index contributed by atoms with van der Waals surface area (Å²) in [5, 5.41) is 21.4. The van der Waals surface area contributed by atoms with E-state index >= 15 is 0 Å². The number of hydrogen-bond donors (Lipinski definition) is 2. The summed E-state index contributed by atoms with van der Waals surface area (Å²) < 4.78 is 0. The summed E-state index contributed by atoms with van der Waals surface area (Å²) in [6.07, 6.45) is -0.680. The first kappa shape index (κ1) is 20.6. The van der Waals surface area contributed by atoms with Crippen LogP contribution in [0.5, 0.6) is 5.75 Å². The lowest BCUT2D eigenvalue weighted by Crippen LogP contribution is -2.50. The summed E-state index contributed by atoms with van der Waals surface area (Å²) in [5.74, 6) is 0.364. The van der Waals surface area contributed by atoms with E-state index in [2.05, 4.69) is 29.6 Å². The molecule has 1 unspecified atom stereocenters. The number of nitrogens with zero attached hydrogens (tertiary/aromatic N) is 3. The smallest absolute Gasteiger partial charge is 0.276 e. The van der Waals surface area contributed by atoms with Crippen molar-refractivity contribution in [2.45, 2.75) is 18.8 Å². The number of halogens is 1. The van der Waals surface area contributed by atoms with Gasteiger partial charge in [-0.3, -0.25) is 15.1 Å². The van der Waals surface area contributed by atoms with Gasteiger partial charge in [0, 0.05) is 16.5 Å². The Bertz CT molecular complexity index is 1370. The lowest BCUT2D eigenvalue weighted by Gasteiger charge is -2.34. The van der Waals surface area contributed by atoms with Gasteiger partial charge in [-0.2, -0.15) is 0 Å². The van der Waals surface area contributed by atoms with Gasteiger partial charge in [0.15, 0.2) is 11.3 Å². The molecule has 1 atom stereocenters. The van der Waals surface area contributed by atoms with E-state index in [0.717, 1.165) is 5.56 Å². The molecule has 3 aromatic carbocycles. The van der Waals surface area contributed by atoms with Crippen LogP contribution < -0.4 is 15.9 Å². The Labute approximate surface area is 193 Å². The van der Waals surface area contributed by atoms with E-state index in [1.165, 1.54) is 23.4 Å². The standard InChI is InChI=1S/C24H19ClN4O2S/c1-14-9-11-15(12-10-14)13-32-24-27-23(31)21-16-5-2-3-7-18(16)26-22(29(21)28-24)17-6-4-8-19(30)20(17)25/h2-12,22,30H,13H2,1H3,(H,27,28,31). The van der Waals surface area contributed by atoms with Gasteiger partial charge in [-0.15, -0.1) is 5.10 Å². The molecule has 0 spiro atoms. The molecule has 32 heavy (non-hydrogen) atoms. The number of rotatable bonds is 3. The number of hydrazone groups is 1. The number of nitrogens with one attached hydrogen (secondary N) is 1. The van der Waals surface area contributed by atoms with E-state index in [9.17, 15) is 9.90 Å². The van der Waals surface area contributed by atoms with Crippen LogP contribution in [0.15, 0.2) is 76.8 Å². The maximum absolute atomic E-state index is 13.2. The van der Waals surface area contributed by atoms with Crippen molar-refractivity contribution in [2.24, 2.45) is 10.1 Å². The third kappa shape index (κ3) is 3.74. The van der Waals surface area contributed by atoms with E-state index in [-0.39, 0.29) is 16.7 Å². The predicted molar refractivity (Wildman–Crippen MR) is 126 cm³/mol. The van der Waals surface area contributed by atoms with Gasteiger partial charge < -0.3 is 5.11 Å². The molecule has 0 bridgehead atoms. The van der Waals surface area contributed by atoms with Crippen molar-refractivity contribution < 1.29 is 9.90 Å². The molecular formula is C24H19ClN4O2S. The number of thioether (sulfide) groups is 1. The zero-order valence-electron chi connectivity index (χ0n) is 17.1. The Morgan fingerprint density at radius 2 is 1.88 bits per heavy atom. The van der Waals surface area contributed by atoms with E-state index in [1.54, 1.807) is 17.1 Å². The highest BCUT2D eigenvalue weighted by Crippen LogP contribution is 2.37. The van der Waals surface area contributed by atoms with Gasteiger partial charge in [0.2, 0.25) is 0 Å². The van der Waals surface area contributed by atoms with E-state index in [4.69, 9.17) is 21.7 Å². The number of phenols is 1. The first-order chi connectivity index (χ1) is 15.5. The van der Waals surface area contributed by atoms with Crippen LogP contribution in [-0.2, 0) is 10.5 Å². The van der Waals surface area contributed by atoms with Gasteiger partial charge in [0.05, 0.1) is 10.4 Å². The van der Waals surface area contributed by atoms with Gasteiger partial charge in [0.25, 0.3) is 5.91 Å². The Balaban J connectivity index is 1.58. The fourth-order valence-corrected chi connectivity index (χ4v) is 4.70. The topological polar surface area (TPSA) is 77.3 Å². The molecule has 0 fully saturated rings. The van der Waals surface area contributed by atoms with Crippen molar-refractivity contribution >= 4 is 40.1 Å². The molecule has 0 saturated carbocycles. The molecule has 3 aromatic rings. The van der Waals surface area contributed by atoms with Crippen molar-refractivity contribution in [3.63, 3.8) is 0 Å². The second-order valence-electron chi connectivity index (χ2n) is 7.53. The summed E-state index contributed by atoms with van der Waals surface area (Å²) in [4.78, 5) is 18.0. The molecule has 8 heteroatoms. The summed E-state index contributed by atoms with van der Waals surface area (Å²) in [5.41, 5.74) is 3.30. The van der Waals surface area contributed by atoms with Crippen molar-refractivity contribution in [2.75, 3.05) is 0 Å². The Morgan fingerprint density at radius 1 is 1.09 bits per heavy atom. The third-order valence-electron chi connectivity index (χ3n) is 5.30. The number of hydrogen-bond acceptors (Lipinski definition) is 6. The highest BCUT2D eigenvalue weighted by molar-refractivity contribution is 8.13. The maximum atomic E-state index is 13.2. The van der Waals surface area contributed by atoms with Crippen LogP contribution in [0.3, 0.4) is 0 Å². The minimum Gasteiger partial charge on any atom is -0.506 e. The average Bonchev–Trinajstić information content (AvgIpc) is 2.80. The van der Waals surface area contributed by atoms with Crippen LogP contribution in [0.4, 0.5) is 0 Å². The minimum atomic E-state index is -0.680. The van der Waals surface area contributed by atoms with Crippen LogP contribution in [0, 0.1) is 6.92 Å². The summed E-state index contributed by atoms with van der Waals surface area (Å²) in [6, 6.07) is 20.7. The Morgan fingerprint density at radius 3 is 2.69 bits per heavy atom. The van der Waals surface area contributed by atoms with Crippen molar-refractivity contribution in [3.05, 3.63) is 99.0 Å². The minimum absolute atomic E-state index is 0.0424. The molecule has 6 nitrogen and oxygen atoms in total. The molecule has 0 aromatic heterocycles. The zero-order valence-corrected chi connectivity index (χ0v) is 18.7. The molecular weight excluding hydrogens is 444 g/mol. The molecule has 5 rings (SSSR count). The van der Waals surface area contributed by atoms with Crippen LogP contribution in [0.25, 0.3) is 5.70 Å². The monoisotopic (exact) mass is 462 g/mol. The highest BCUT2D eigenvalue weighted by atomic mass is 35.5. The van der Waals surface area contributed by atoms with Gasteiger partial charge in [-0.1, -0.05) is 83.5 Å². The van der Waals surface area contributed by atoms with Crippen LogP contribution >= 0.6 is 23.4 Å². The summed E-state index contributed by atoms with van der Waals surface area (Å²) in [7, 11) is 0. The molecule has 1 amide bonds. The summed E-state index contributed by atoms with van der Waals surface area (Å²) in [6.45, 7) is 2.05. The van der Waals surface area contributed by atoms with Crippen LogP contribution in [0.1, 0.15) is 22.9 Å². The van der Waals surface area contributed by atoms with Gasteiger partial charge >= 0.3 is 0 Å². The SMILES string of the molecule is Cc1ccc(CSC2=NN3C(=c4ccccc4=NC3c3cccc(O)c3Cl)C(=O)N2)cc1. The van der Waals surface area contributed by atoms with Crippen LogP contribution in [-0.4, -0.2) is 21.2 Å². The first-order valence-corrected chi connectivity index (χ1v) is 11.4. The maximum Gasteiger partial charge on any atom is 0.276 e. The molecule has 160 valence electrons.